The maximum Gasteiger partial charge on any atom is 0.244 e. The molecular weight excluding hydrogens is 309 g/mol. The molecule has 2 N–H and O–H groups in total. The molecule has 1 aliphatic heterocycles. The van der Waals surface area contributed by atoms with Gasteiger partial charge in [-0.3, -0.25) is 4.79 Å². The van der Waals surface area contributed by atoms with Crippen LogP contribution in [-0.2, 0) is 4.79 Å². The second-order valence-corrected chi connectivity index (χ2v) is 5.15. The average molecular weight is 334 g/mol. The summed E-state index contributed by atoms with van der Waals surface area (Å²) in [5.41, 5.74) is 8.16. The lowest BCUT2D eigenvalue weighted by atomic mass is 10.0. The molecular formula is C15H25Cl2N3O. The van der Waals surface area contributed by atoms with Crippen molar-refractivity contribution >= 4 is 30.7 Å². The molecule has 1 atom stereocenters. The number of amides is 1. The quantitative estimate of drug-likeness (QED) is 0.920. The molecule has 1 aromatic carbocycles. The first-order valence-corrected chi connectivity index (χ1v) is 6.95. The van der Waals surface area contributed by atoms with Crippen LogP contribution in [0.15, 0.2) is 24.3 Å². The van der Waals surface area contributed by atoms with Gasteiger partial charge in [0.1, 0.15) is 6.04 Å². The van der Waals surface area contributed by atoms with Crippen LogP contribution in [0, 0.1) is 6.92 Å². The van der Waals surface area contributed by atoms with Crippen molar-refractivity contribution in [3.63, 3.8) is 0 Å². The van der Waals surface area contributed by atoms with Crippen LogP contribution in [0.25, 0.3) is 0 Å². The van der Waals surface area contributed by atoms with Gasteiger partial charge in [0.2, 0.25) is 5.91 Å². The molecule has 120 valence electrons. The van der Waals surface area contributed by atoms with E-state index in [1.807, 2.05) is 36.1 Å². The zero-order valence-electron chi connectivity index (χ0n) is 12.6. The van der Waals surface area contributed by atoms with Crippen LogP contribution in [0.1, 0.15) is 24.1 Å². The summed E-state index contributed by atoms with van der Waals surface area (Å²) in [6.07, 6.45) is 0. The van der Waals surface area contributed by atoms with Gasteiger partial charge in [0.05, 0.1) is 0 Å². The number of hydrogen-bond acceptors (Lipinski definition) is 3. The first-order chi connectivity index (χ1) is 9.11. The second kappa shape index (κ2) is 9.26. The third kappa shape index (κ3) is 5.15. The molecule has 0 saturated carbocycles. The number of benzene rings is 1. The number of halogens is 2. The van der Waals surface area contributed by atoms with E-state index in [9.17, 15) is 4.79 Å². The monoisotopic (exact) mass is 333 g/mol. The molecule has 0 radical (unpaired) electrons. The van der Waals surface area contributed by atoms with Gasteiger partial charge in [0.15, 0.2) is 0 Å². The molecule has 0 bridgehead atoms. The highest BCUT2D eigenvalue weighted by Gasteiger charge is 2.25. The fourth-order valence-corrected chi connectivity index (χ4v) is 2.40. The number of nitrogens with zero attached hydrogens (tertiary/aromatic N) is 2. The summed E-state index contributed by atoms with van der Waals surface area (Å²) in [7, 11) is 0. The minimum Gasteiger partial charge on any atom is -0.338 e. The number of carbonyl (C=O) groups is 1. The van der Waals surface area contributed by atoms with E-state index < -0.39 is 6.04 Å². The summed E-state index contributed by atoms with van der Waals surface area (Å²) in [5, 5.41) is 0. The maximum atomic E-state index is 12.4. The largest absolute Gasteiger partial charge is 0.338 e. The smallest absolute Gasteiger partial charge is 0.244 e. The van der Waals surface area contributed by atoms with Crippen molar-refractivity contribution in [3.05, 3.63) is 35.4 Å². The molecule has 21 heavy (non-hydrogen) atoms. The number of likely N-dealkylation sites (N-methyl/N-ethyl adjacent to an activating group) is 1. The fraction of sp³-hybridized carbons (Fsp3) is 0.533. The van der Waals surface area contributed by atoms with Gasteiger partial charge >= 0.3 is 0 Å². The summed E-state index contributed by atoms with van der Waals surface area (Å²) >= 11 is 0. The van der Waals surface area contributed by atoms with Gasteiger partial charge in [0, 0.05) is 26.2 Å². The lowest BCUT2D eigenvalue weighted by Crippen LogP contribution is -2.50. The number of carbonyl (C=O) groups excluding carboxylic acids is 1. The van der Waals surface area contributed by atoms with E-state index in [1.165, 1.54) is 5.56 Å². The molecule has 0 aliphatic carbocycles. The number of nitrogens with two attached hydrogens (primary N) is 1. The first kappa shape index (κ1) is 20.2. The Morgan fingerprint density at radius 2 is 1.67 bits per heavy atom. The summed E-state index contributed by atoms with van der Waals surface area (Å²) < 4.78 is 0. The Balaban J connectivity index is 0.00000200. The average Bonchev–Trinajstić information content (AvgIpc) is 2.46. The second-order valence-electron chi connectivity index (χ2n) is 5.15. The van der Waals surface area contributed by atoms with Crippen LogP contribution in [0.3, 0.4) is 0 Å². The highest BCUT2D eigenvalue weighted by molar-refractivity contribution is 5.85. The normalized spacial score (nSPS) is 16.6. The Morgan fingerprint density at radius 3 is 2.14 bits per heavy atom. The van der Waals surface area contributed by atoms with E-state index in [2.05, 4.69) is 11.8 Å². The van der Waals surface area contributed by atoms with Crippen LogP contribution in [0.4, 0.5) is 0 Å². The number of hydrogen-bond donors (Lipinski definition) is 1. The molecule has 1 amide bonds. The molecule has 4 nitrogen and oxygen atoms in total. The Bertz CT molecular complexity index is 431. The van der Waals surface area contributed by atoms with Gasteiger partial charge in [-0.15, -0.1) is 24.8 Å². The molecule has 1 saturated heterocycles. The molecule has 1 unspecified atom stereocenters. The minimum absolute atomic E-state index is 0. The van der Waals surface area contributed by atoms with E-state index >= 15 is 0 Å². The van der Waals surface area contributed by atoms with Crippen molar-refractivity contribution in [1.29, 1.82) is 0 Å². The van der Waals surface area contributed by atoms with Crippen LogP contribution in [-0.4, -0.2) is 48.4 Å². The van der Waals surface area contributed by atoms with Crippen molar-refractivity contribution in [1.82, 2.24) is 9.80 Å². The van der Waals surface area contributed by atoms with E-state index in [-0.39, 0.29) is 30.7 Å². The number of aryl methyl sites for hydroxylation is 1. The number of rotatable bonds is 3. The first-order valence-electron chi connectivity index (χ1n) is 6.95. The third-order valence-corrected chi connectivity index (χ3v) is 3.83. The van der Waals surface area contributed by atoms with Gasteiger partial charge in [-0.1, -0.05) is 36.8 Å². The Morgan fingerprint density at radius 1 is 1.14 bits per heavy atom. The summed E-state index contributed by atoms with van der Waals surface area (Å²) in [6.45, 7) is 8.69. The molecule has 0 aromatic heterocycles. The summed E-state index contributed by atoms with van der Waals surface area (Å²) in [4.78, 5) is 16.6. The van der Waals surface area contributed by atoms with Crippen molar-refractivity contribution in [2.75, 3.05) is 32.7 Å². The molecule has 0 spiro atoms. The Hall–Kier alpha value is -0.810. The molecule has 1 aliphatic rings. The Kier molecular flexibility index (Phi) is 8.90. The molecule has 1 fully saturated rings. The van der Waals surface area contributed by atoms with Gasteiger partial charge < -0.3 is 15.5 Å². The topological polar surface area (TPSA) is 49.6 Å². The van der Waals surface area contributed by atoms with Gasteiger partial charge in [-0.05, 0) is 19.0 Å². The van der Waals surface area contributed by atoms with Crippen LogP contribution >= 0.6 is 24.8 Å². The van der Waals surface area contributed by atoms with Gasteiger partial charge in [0.25, 0.3) is 0 Å². The van der Waals surface area contributed by atoms with Crippen molar-refractivity contribution < 1.29 is 4.79 Å². The minimum atomic E-state index is -0.534. The Labute approximate surface area is 139 Å². The zero-order chi connectivity index (χ0) is 13.8. The SMILES string of the molecule is CCN1CCN(C(=O)C(N)c2ccc(C)cc2)CC1.Cl.Cl. The summed E-state index contributed by atoms with van der Waals surface area (Å²) in [5.74, 6) is 0.0413. The zero-order valence-corrected chi connectivity index (χ0v) is 14.3. The standard InChI is InChI=1S/C15H23N3O.2ClH/c1-3-17-8-10-18(11-9-17)15(19)14(16)13-6-4-12(2)5-7-13;;/h4-7,14H,3,8-11,16H2,1-2H3;2*1H. The molecule has 1 heterocycles. The summed E-state index contributed by atoms with van der Waals surface area (Å²) in [6, 6.07) is 7.35. The highest BCUT2D eigenvalue weighted by Crippen LogP contribution is 2.15. The van der Waals surface area contributed by atoms with Crippen LogP contribution < -0.4 is 5.73 Å². The molecule has 6 heteroatoms. The van der Waals surface area contributed by atoms with Crippen molar-refractivity contribution in [3.8, 4) is 0 Å². The predicted octanol–water partition coefficient (Wildman–Crippen LogP) is 2.00. The van der Waals surface area contributed by atoms with E-state index in [4.69, 9.17) is 5.73 Å². The molecule has 1 aromatic rings. The fourth-order valence-electron chi connectivity index (χ4n) is 2.40. The van der Waals surface area contributed by atoms with Crippen LogP contribution in [0.2, 0.25) is 0 Å². The van der Waals surface area contributed by atoms with Crippen molar-refractivity contribution in [2.45, 2.75) is 19.9 Å². The van der Waals surface area contributed by atoms with E-state index in [0.29, 0.717) is 0 Å². The van der Waals surface area contributed by atoms with Crippen molar-refractivity contribution in [2.24, 2.45) is 5.73 Å². The van der Waals surface area contributed by atoms with Crippen LogP contribution in [0.5, 0.6) is 0 Å². The van der Waals surface area contributed by atoms with E-state index in [0.717, 1.165) is 38.3 Å². The highest BCUT2D eigenvalue weighted by atomic mass is 35.5. The van der Waals surface area contributed by atoms with Gasteiger partial charge in [-0.2, -0.15) is 0 Å². The third-order valence-electron chi connectivity index (χ3n) is 3.83. The lowest BCUT2D eigenvalue weighted by Gasteiger charge is -2.35. The lowest BCUT2D eigenvalue weighted by molar-refractivity contribution is -0.134. The number of piperazine rings is 1. The predicted molar refractivity (Wildman–Crippen MR) is 91.3 cm³/mol. The maximum absolute atomic E-state index is 12.4. The molecule has 2 rings (SSSR count). The van der Waals surface area contributed by atoms with Gasteiger partial charge in [-0.25, -0.2) is 0 Å². The van der Waals surface area contributed by atoms with E-state index in [1.54, 1.807) is 0 Å².